The summed E-state index contributed by atoms with van der Waals surface area (Å²) in [6.45, 7) is -0.211. The number of sulfonamides is 1. The van der Waals surface area contributed by atoms with E-state index in [0.29, 0.717) is 4.31 Å². The molecule has 2 amide bonds. The average Bonchev–Trinajstić information content (AvgIpc) is 2.65. The summed E-state index contributed by atoms with van der Waals surface area (Å²) in [6.07, 6.45) is 2.70. The van der Waals surface area contributed by atoms with Crippen molar-refractivity contribution in [2.45, 2.75) is 11.4 Å². The molecule has 4 rings (SSSR count). The van der Waals surface area contributed by atoms with Gasteiger partial charge in [-0.05, 0) is 42.0 Å². The van der Waals surface area contributed by atoms with E-state index in [0.717, 1.165) is 23.1 Å². The molecule has 0 spiro atoms. The molecule has 2 heterocycles. The van der Waals surface area contributed by atoms with Crippen molar-refractivity contribution in [3.05, 3.63) is 84.2 Å². The predicted octanol–water partition coefficient (Wildman–Crippen LogP) is 3.70. The first-order valence-electron chi connectivity index (χ1n) is 8.19. The number of rotatable bonds is 3. The van der Waals surface area contributed by atoms with Gasteiger partial charge in [-0.2, -0.15) is 4.31 Å². The summed E-state index contributed by atoms with van der Waals surface area (Å²) in [5, 5.41) is 0. The Labute approximate surface area is 159 Å². The summed E-state index contributed by atoms with van der Waals surface area (Å²) < 4.78 is 53.9. The van der Waals surface area contributed by atoms with Gasteiger partial charge in [-0.1, -0.05) is 12.1 Å². The number of hydrogen-bond donors (Lipinski definition) is 0. The zero-order chi connectivity index (χ0) is 19.9. The summed E-state index contributed by atoms with van der Waals surface area (Å²) in [5.41, 5.74) is 0.390. The zero-order valence-electron chi connectivity index (χ0n) is 14.3. The fraction of sp³-hybridized carbons (Fsp3) is 0.0526. The maximum Gasteiger partial charge on any atom is 0.343 e. The van der Waals surface area contributed by atoms with Crippen LogP contribution >= 0.6 is 0 Å². The van der Waals surface area contributed by atoms with Crippen LogP contribution in [-0.4, -0.2) is 19.4 Å². The number of benzene rings is 2. The van der Waals surface area contributed by atoms with E-state index in [1.54, 1.807) is 6.07 Å². The normalized spacial score (nSPS) is 15.4. The standard InChI is InChI=1S/C19H13F2N3O3S/c20-14-8-13(9-15(21)10-14)12-23-17-5-1-2-6-18(17)28(26,27)24(19(23)25)16-4-3-7-22-11-16/h1-11H,12H2. The molecule has 0 unspecified atom stereocenters. The molecule has 0 bridgehead atoms. The van der Waals surface area contributed by atoms with Crippen molar-refractivity contribution < 1.29 is 22.0 Å². The summed E-state index contributed by atoms with van der Waals surface area (Å²) in [5.74, 6) is -1.58. The number of nitrogens with zero attached hydrogens (tertiary/aromatic N) is 3. The third kappa shape index (κ3) is 2.99. The van der Waals surface area contributed by atoms with Gasteiger partial charge in [-0.15, -0.1) is 0 Å². The van der Waals surface area contributed by atoms with Crippen LogP contribution in [0.25, 0.3) is 0 Å². The fourth-order valence-corrected chi connectivity index (χ4v) is 4.65. The van der Waals surface area contributed by atoms with Crippen LogP contribution in [0.5, 0.6) is 0 Å². The van der Waals surface area contributed by atoms with E-state index in [1.807, 2.05) is 0 Å². The van der Waals surface area contributed by atoms with Gasteiger partial charge in [0.05, 0.1) is 24.1 Å². The topological polar surface area (TPSA) is 70.6 Å². The number of aromatic nitrogens is 1. The van der Waals surface area contributed by atoms with Crippen LogP contribution in [-0.2, 0) is 16.6 Å². The number of pyridine rings is 1. The Kier molecular flexibility index (Phi) is 4.31. The van der Waals surface area contributed by atoms with E-state index in [-0.39, 0.29) is 28.4 Å². The van der Waals surface area contributed by atoms with Crippen LogP contribution < -0.4 is 9.21 Å². The minimum Gasteiger partial charge on any atom is -0.287 e. The summed E-state index contributed by atoms with van der Waals surface area (Å²) in [4.78, 5) is 18.1. The number of para-hydroxylation sites is 1. The lowest BCUT2D eigenvalue weighted by atomic mass is 10.2. The number of halogens is 2. The molecule has 0 aliphatic carbocycles. The van der Waals surface area contributed by atoms with Crippen LogP contribution in [0.1, 0.15) is 5.56 Å². The SMILES string of the molecule is O=C1N(Cc2cc(F)cc(F)c2)c2ccccc2S(=O)(=O)N1c1cccnc1. The highest BCUT2D eigenvalue weighted by Gasteiger charge is 2.42. The van der Waals surface area contributed by atoms with E-state index in [1.165, 1.54) is 42.7 Å². The van der Waals surface area contributed by atoms with Crippen LogP contribution in [0.4, 0.5) is 25.0 Å². The monoisotopic (exact) mass is 401 g/mol. The van der Waals surface area contributed by atoms with E-state index >= 15 is 0 Å². The lowest BCUT2D eigenvalue weighted by molar-refractivity contribution is 0.253. The van der Waals surface area contributed by atoms with Gasteiger partial charge in [0.2, 0.25) is 0 Å². The Morgan fingerprint density at radius 2 is 1.68 bits per heavy atom. The fourth-order valence-electron chi connectivity index (χ4n) is 3.07. The molecule has 28 heavy (non-hydrogen) atoms. The number of urea groups is 1. The Balaban J connectivity index is 1.87. The van der Waals surface area contributed by atoms with Gasteiger partial charge in [-0.25, -0.2) is 22.0 Å². The van der Waals surface area contributed by atoms with Gasteiger partial charge in [-0.3, -0.25) is 9.88 Å². The molecule has 0 saturated heterocycles. The highest BCUT2D eigenvalue weighted by molar-refractivity contribution is 7.94. The van der Waals surface area contributed by atoms with Crippen molar-refractivity contribution >= 4 is 27.4 Å². The van der Waals surface area contributed by atoms with Crippen LogP contribution in [0, 0.1) is 11.6 Å². The Hall–Kier alpha value is -3.33. The Morgan fingerprint density at radius 3 is 2.36 bits per heavy atom. The predicted molar refractivity (Wildman–Crippen MR) is 98.3 cm³/mol. The Bertz CT molecular complexity index is 1150. The van der Waals surface area contributed by atoms with Gasteiger partial charge in [0, 0.05) is 12.3 Å². The number of fused-ring (bicyclic) bond motifs is 1. The third-order valence-electron chi connectivity index (χ3n) is 4.22. The average molecular weight is 401 g/mol. The molecule has 9 heteroatoms. The lowest BCUT2D eigenvalue weighted by Crippen LogP contribution is -2.50. The molecule has 0 radical (unpaired) electrons. The van der Waals surface area contributed by atoms with Crippen molar-refractivity contribution in [1.82, 2.24) is 4.98 Å². The quantitative estimate of drug-likeness (QED) is 0.671. The van der Waals surface area contributed by atoms with Crippen molar-refractivity contribution in [3.63, 3.8) is 0 Å². The second-order valence-corrected chi connectivity index (χ2v) is 7.85. The van der Waals surface area contributed by atoms with Crippen LogP contribution in [0.2, 0.25) is 0 Å². The highest BCUT2D eigenvalue weighted by atomic mass is 32.2. The first kappa shape index (κ1) is 18.1. The zero-order valence-corrected chi connectivity index (χ0v) is 15.1. The largest absolute Gasteiger partial charge is 0.343 e. The van der Waals surface area contributed by atoms with E-state index < -0.39 is 27.7 Å². The second-order valence-electron chi connectivity index (χ2n) is 6.09. The number of carbonyl (C=O) groups is 1. The molecule has 0 N–H and O–H groups in total. The maximum absolute atomic E-state index is 13.6. The minimum atomic E-state index is -4.17. The Morgan fingerprint density at radius 1 is 0.964 bits per heavy atom. The summed E-state index contributed by atoms with van der Waals surface area (Å²) >= 11 is 0. The third-order valence-corrected chi connectivity index (χ3v) is 5.97. The molecule has 2 aromatic carbocycles. The van der Waals surface area contributed by atoms with Crippen molar-refractivity contribution in [2.75, 3.05) is 9.21 Å². The molecule has 0 fully saturated rings. The number of carbonyl (C=O) groups excluding carboxylic acids is 1. The molecule has 1 aromatic heterocycles. The number of hydrogen-bond acceptors (Lipinski definition) is 4. The van der Waals surface area contributed by atoms with Gasteiger partial charge < -0.3 is 0 Å². The maximum atomic E-state index is 13.6. The van der Waals surface area contributed by atoms with Crippen molar-refractivity contribution in [2.24, 2.45) is 0 Å². The molecule has 1 aliphatic heterocycles. The first-order chi connectivity index (χ1) is 13.4. The smallest absolute Gasteiger partial charge is 0.287 e. The van der Waals surface area contributed by atoms with Crippen molar-refractivity contribution in [1.29, 1.82) is 0 Å². The highest BCUT2D eigenvalue weighted by Crippen LogP contribution is 2.37. The molecule has 6 nitrogen and oxygen atoms in total. The summed E-state index contributed by atoms with van der Waals surface area (Å²) in [7, 11) is -4.17. The van der Waals surface area contributed by atoms with E-state index in [2.05, 4.69) is 4.98 Å². The lowest BCUT2D eigenvalue weighted by Gasteiger charge is -2.36. The van der Waals surface area contributed by atoms with Gasteiger partial charge in [0.25, 0.3) is 10.0 Å². The first-order valence-corrected chi connectivity index (χ1v) is 9.63. The molecule has 0 saturated carbocycles. The number of amides is 2. The molecule has 0 atom stereocenters. The second kappa shape index (κ2) is 6.68. The van der Waals surface area contributed by atoms with Crippen LogP contribution in [0.3, 0.4) is 0 Å². The summed E-state index contributed by atoms with van der Waals surface area (Å²) in [6, 6.07) is 11.0. The van der Waals surface area contributed by atoms with E-state index in [4.69, 9.17) is 0 Å². The van der Waals surface area contributed by atoms with Crippen molar-refractivity contribution in [3.8, 4) is 0 Å². The van der Waals surface area contributed by atoms with Gasteiger partial charge >= 0.3 is 6.03 Å². The molecular formula is C19H13F2N3O3S. The van der Waals surface area contributed by atoms with Gasteiger partial charge in [0.1, 0.15) is 16.5 Å². The molecule has 1 aliphatic rings. The molecular weight excluding hydrogens is 388 g/mol. The van der Waals surface area contributed by atoms with Gasteiger partial charge in [0.15, 0.2) is 0 Å². The molecule has 3 aromatic rings. The minimum absolute atomic E-state index is 0.0671. The number of anilines is 2. The van der Waals surface area contributed by atoms with E-state index in [9.17, 15) is 22.0 Å². The molecule has 142 valence electrons. The van der Waals surface area contributed by atoms with Crippen LogP contribution in [0.15, 0.2) is 71.9 Å².